The standard InChI is InChI=1S/C13H10N2O3S/c1-7-12-11(8-4-2-3-5-9(8)19-12)13(18)15(14-7)6-10(16)17/h2-5H,6H2,1H3,(H,16,17). The van der Waals surface area contributed by atoms with E-state index in [4.69, 9.17) is 5.11 Å². The van der Waals surface area contributed by atoms with Gasteiger partial charge in [0.05, 0.1) is 15.8 Å². The van der Waals surface area contributed by atoms with Gasteiger partial charge in [-0.25, -0.2) is 4.68 Å². The quantitative estimate of drug-likeness (QED) is 0.775. The van der Waals surface area contributed by atoms with Gasteiger partial charge in [0.15, 0.2) is 0 Å². The second-order valence-corrected chi connectivity index (χ2v) is 5.30. The Kier molecular flexibility index (Phi) is 2.60. The predicted octanol–water partition coefficient (Wildman–Crippen LogP) is 2.00. The Hall–Kier alpha value is -2.21. The van der Waals surface area contributed by atoms with E-state index in [0.717, 1.165) is 19.5 Å². The fourth-order valence-electron chi connectivity index (χ4n) is 2.15. The fraction of sp³-hybridized carbons (Fsp3) is 0.154. The van der Waals surface area contributed by atoms with Crippen LogP contribution in [-0.4, -0.2) is 20.9 Å². The molecule has 2 heterocycles. The maximum Gasteiger partial charge on any atom is 0.325 e. The Balaban J connectivity index is 2.46. The molecule has 3 aromatic rings. The average molecular weight is 274 g/mol. The van der Waals surface area contributed by atoms with Crippen LogP contribution in [0.4, 0.5) is 0 Å². The van der Waals surface area contributed by atoms with Crippen LogP contribution in [0.25, 0.3) is 20.2 Å². The van der Waals surface area contributed by atoms with Gasteiger partial charge in [0, 0.05) is 10.1 Å². The van der Waals surface area contributed by atoms with Crippen molar-refractivity contribution in [1.29, 1.82) is 0 Å². The lowest BCUT2D eigenvalue weighted by atomic mass is 10.2. The summed E-state index contributed by atoms with van der Waals surface area (Å²) in [4.78, 5) is 23.1. The van der Waals surface area contributed by atoms with E-state index in [-0.39, 0.29) is 5.56 Å². The maximum atomic E-state index is 12.3. The molecule has 5 nitrogen and oxygen atoms in total. The Bertz CT molecular complexity index is 863. The smallest absolute Gasteiger partial charge is 0.325 e. The summed E-state index contributed by atoms with van der Waals surface area (Å²) in [6, 6.07) is 7.60. The molecule has 1 aromatic carbocycles. The third-order valence-corrected chi connectivity index (χ3v) is 4.21. The van der Waals surface area contributed by atoms with Gasteiger partial charge in [-0.05, 0) is 13.0 Å². The van der Waals surface area contributed by atoms with Gasteiger partial charge in [-0.2, -0.15) is 5.10 Å². The number of carboxylic acid groups (broad SMARTS) is 1. The Labute approximate surface area is 111 Å². The van der Waals surface area contributed by atoms with Crippen LogP contribution in [0.2, 0.25) is 0 Å². The van der Waals surface area contributed by atoms with E-state index < -0.39 is 12.5 Å². The fourth-order valence-corrected chi connectivity index (χ4v) is 3.28. The van der Waals surface area contributed by atoms with E-state index in [2.05, 4.69) is 5.10 Å². The Morgan fingerprint density at radius 3 is 2.89 bits per heavy atom. The van der Waals surface area contributed by atoms with Crippen molar-refractivity contribution < 1.29 is 9.90 Å². The third kappa shape index (κ3) is 1.80. The highest BCUT2D eigenvalue weighted by Gasteiger charge is 2.15. The number of benzene rings is 1. The molecule has 0 amide bonds. The zero-order valence-corrected chi connectivity index (χ0v) is 10.9. The topological polar surface area (TPSA) is 72.2 Å². The molecule has 0 aliphatic heterocycles. The highest BCUT2D eigenvalue weighted by molar-refractivity contribution is 7.26. The molecule has 19 heavy (non-hydrogen) atoms. The minimum absolute atomic E-state index is 0.347. The molecular formula is C13H10N2O3S. The monoisotopic (exact) mass is 274 g/mol. The number of thiophene rings is 1. The Morgan fingerprint density at radius 1 is 1.42 bits per heavy atom. The van der Waals surface area contributed by atoms with Crippen LogP contribution in [0.1, 0.15) is 5.69 Å². The number of nitrogens with zero attached hydrogens (tertiary/aromatic N) is 2. The van der Waals surface area contributed by atoms with Gasteiger partial charge in [0.25, 0.3) is 5.56 Å². The van der Waals surface area contributed by atoms with Gasteiger partial charge in [0.1, 0.15) is 6.54 Å². The van der Waals surface area contributed by atoms with Crippen LogP contribution in [0.5, 0.6) is 0 Å². The van der Waals surface area contributed by atoms with Crippen LogP contribution in [-0.2, 0) is 11.3 Å². The minimum atomic E-state index is -1.08. The zero-order valence-electron chi connectivity index (χ0n) is 10.1. The molecule has 0 fully saturated rings. The molecule has 0 bridgehead atoms. The molecule has 0 aliphatic rings. The van der Waals surface area contributed by atoms with Crippen LogP contribution in [0.15, 0.2) is 29.1 Å². The normalized spacial score (nSPS) is 11.2. The molecule has 0 saturated heterocycles. The number of aryl methyl sites for hydroxylation is 1. The van der Waals surface area contributed by atoms with Crippen molar-refractivity contribution in [3.63, 3.8) is 0 Å². The van der Waals surface area contributed by atoms with E-state index in [1.165, 1.54) is 11.3 Å². The lowest BCUT2D eigenvalue weighted by molar-refractivity contribution is -0.137. The average Bonchev–Trinajstić information content (AvgIpc) is 2.75. The number of aliphatic carboxylic acids is 1. The first kappa shape index (κ1) is 11.9. The molecule has 0 spiro atoms. The number of carbonyl (C=O) groups is 1. The summed E-state index contributed by atoms with van der Waals surface area (Å²) in [7, 11) is 0. The molecule has 3 rings (SSSR count). The summed E-state index contributed by atoms with van der Waals surface area (Å²) in [6.45, 7) is 1.37. The number of hydrogen-bond donors (Lipinski definition) is 1. The highest BCUT2D eigenvalue weighted by atomic mass is 32.1. The van der Waals surface area contributed by atoms with Crippen LogP contribution in [0, 0.1) is 6.92 Å². The van der Waals surface area contributed by atoms with Crippen LogP contribution in [0.3, 0.4) is 0 Å². The highest BCUT2D eigenvalue weighted by Crippen LogP contribution is 2.32. The lowest BCUT2D eigenvalue weighted by Gasteiger charge is -2.03. The molecular weight excluding hydrogens is 264 g/mol. The third-order valence-electron chi connectivity index (χ3n) is 2.93. The summed E-state index contributed by atoms with van der Waals surface area (Å²) >= 11 is 1.51. The van der Waals surface area contributed by atoms with Crippen molar-refractivity contribution in [2.75, 3.05) is 0 Å². The molecule has 0 aliphatic carbocycles. The zero-order chi connectivity index (χ0) is 13.6. The van der Waals surface area contributed by atoms with Crippen molar-refractivity contribution >= 4 is 37.5 Å². The predicted molar refractivity (Wildman–Crippen MR) is 73.8 cm³/mol. The molecule has 1 N–H and O–H groups in total. The SMILES string of the molecule is Cc1nn(CC(=O)O)c(=O)c2c1sc1ccccc12. The molecule has 6 heteroatoms. The van der Waals surface area contributed by atoms with Gasteiger partial charge in [-0.3, -0.25) is 9.59 Å². The summed E-state index contributed by atoms with van der Waals surface area (Å²) in [5, 5.41) is 14.3. The van der Waals surface area contributed by atoms with Crippen molar-refractivity contribution in [2.45, 2.75) is 13.5 Å². The molecule has 0 saturated carbocycles. The first-order valence-corrected chi connectivity index (χ1v) is 6.50. The molecule has 0 radical (unpaired) electrons. The van der Waals surface area contributed by atoms with Gasteiger partial charge < -0.3 is 5.11 Å². The van der Waals surface area contributed by atoms with Gasteiger partial charge in [0.2, 0.25) is 0 Å². The summed E-state index contributed by atoms with van der Waals surface area (Å²) in [5.41, 5.74) is 0.331. The van der Waals surface area contributed by atoms with Gasteiger partial charge in [-0.1, -0.05) is 18.2 Å². The minimum Gasteiger partial charge on any atom is -0.480 e. The number of carboxylic acids is 1. The summed E-state index contributed by atoms with van der Waals surface area (Å²) < 4.78 is 2.85. The van der Waals surface area contributed by atoms with Crippen molar-refractivity contribution in [3.8, 4) is 0 Å². The molecule has 2 aromatic heterocycles. The van der Waals surface area contributed by atoms with E-state index >= 15 is 0 Å². The second-order valence-electron chi connectivity index (χ2n) is 4.24. The first-order valence-electron chi connectivity index (χ1n) is 5.68. The summed E-state index contributed by atoms with van der Waals surface area (Å²) in [6.07, 6.45) is 0. The molecule has 96 valence electrons. The van der Waals surface area contributed by atoms with Crippen molar-refractivity contribution in [3.05, 3.63) is 40.3 Å². The van der Waals surface area contributed by atoms with Crippen molar-refractivity contribution in [2.24, 2.45) is 0 Å². The van der Waals surface area contributed by atoms with E-state index in [9.17, 15) is 9.59 Å². The number of fused-ring (bicyclic) bond motifs is 3. The second kappa shape index (κ2) is 4.17. The lowest BCUT2D eigenvalue weighted by Crippen LogP contribution is -2.27. The van der Waals surface area contributed by atoms with Crippen LogP contribution >= 0.6 is 11.3 Å². The molecule has 0 atom stereocenters. The summed E-state index contributed by atoms with van der Waals surface area (Å²) in [5.74, 6) is -1.08. The van der Waals surface area contributed by atoms with Gasteiger partial charge in [-0.15, -0.1) is 11.3 Å². The van der Waals surface area contributed by atoms with E-state index in [1.807, 2.05) is 24.3 Å². The largest absolute Gasteiger partial charge is 0.480 e. The Morgan fingerprint density at radius 2 is 2.16 bits per heavy atom. The van der Waals surface area contributed by atoms with Crippen LogP contribution < -0.4 is 5.56 Å². The first-order chi connectivity index (χ1) is 9.08. The van der Waals surface area contributed by atoms with Gasteiger partial charge >= 0.3 is 5.97 Å². The van der Waals surface area contributed by atoms with E-state index in [0.29, 0.717) is 11.1 Å². The number of aromatic nitrogens is 2. The van der Waals surface area contributed by atoms with Crippen molar-refractivity contribution in [1.82, 2.24) is 9.78 Å². The maximum absolute atomic E-state index is 12.3. The van der Waals surface area contributed by atoms with E-state index in [1.54, 1.807) is 6.92 Å². The molecule has 0 unspecified atom stereocenters. The number of hydrogen-bond acceptors (Lipinski definition) is 4. The number of rotatable bonds is 2.